The van der Waals surface area contributed by atoms with Crippen molar-refractivity contribution in [3.05, 3.63) is 0 Å². The van der Waals surface area contributed by atoms with Crippen molar-refractivity contribution in [3.63, 3.8) is 0 Å². The zero-order valence-electron chi connectivity index (χ0n) is 11.1. The van der Waals surface area contributed by atoms with Crippen LogP contribution in [0.3, 0.4) is 0 Å². The Morgan fingerprint density at radius 2 is 2.06 bits per heavy atom. The molecule has 0 radical (unpaired) electrons. The van der Waals surface area contributed by atoms with Gasteiger partial charge in [0.2, 0.25) is 0 Å². The average molecular weight is 284 g/mol. The molecule has 0 aromatic carbocycles. The summed E-state index contributed by atoms with van der Waals surface area (Å²) in [4.78, 5) is 2.22. The van der Waals surface area contributed by atoms with Crippen molar-refractivity contribution in [3.8, 4) is 0 Å². The van der Waals surface area contributed by atoms with Crippen molar-refractivity contribution in [2.45, 2.75) is 50.7 Å². The van der Waals surface area contributed by atoms with Gasteiger partial charge in [-0.1, -0.05) is 20.3 Å². The van der Waals surface area contributed by atoms with Crippen LogP contribution in [0.5, 0.6) is 0 Å². The SMILES string of the molecule is CCCC1CN(CCSC(F)(F)F)C(CC)CN1. The van der Waals surface area contributed by atoms with E-state index in [-0.39, 0.29) is 17.5 Å². The van der Waals surface area contributed by atoms with Crippen LogP contribution in [0.15, 0.2) is 0 Å². The topological polar surface area (TPSA) is 15.3 Å². The van der Waals surface area contributed by atoms with Gasteiger partial charge in [-0.25, -0.2) is 0 Å². The summed E-state index contributed by atoms with van der Waals surface area (Å²) in [6.45, 7) is 6.54. The van der Waals surface area contributed by atoms with Gasteiger partial charge >= 0.3 is 5.51 Å². The van der Waals surface area contributed by atoms with E-state index in [2.05, 4.69) is 24.1 Å². The summed E-state index contributed by atoms with van der Waals surface area (Å²) in [5.41, 5.74) is -4.10. The van der Waals surface area contributed by atoms with Gasteiger partial charge in [-0.3, -0.25) is 4.90 Å². The van der Waals surface area contributed by atoms with E-state index in [9.17, 15) is 13.2 Å². The lowest BCUT2D eigenvalue weighted by Gasteiger charge is -2.40. The van der Waals surface area contributed by atoms with Crippen LogP contribution in [-0.4, -0.2) is 47.9 Å². The van der Waals surface area contributed by atoms with Gasteiger partial charge in [0.25, 0.3) is 0 Å². The number of nitrogens with zero attached hydrogens (tertiary/aromatic N) is 1. The zero-order valence-corrected chi connectivity index (χ0v) is 11.9. The van der Waals surface area contributed by atoms with Gasteiger partial charge in [0.15, 0.2) is 0 Å². The predicted molar refractivity (Wildman–Crippen MR) is 70.9 cm³/mol. The highest BCUT2D eigenvalue weighted by Crippen LogP contribution is 2.30. The Balaban J connectivity index is 2.37. The van der Waals surface area contributed by atoms with Gasteiger partial charge in [0, 0.05) is 37.5 Å². The molecule has 0 bridgehead atoms. The third-order valence-electron chi connectivity index (χ3n) is 3.37. The van der Waals surface area contributed by atoms with Crippen molar-refractivity contribution in [2.24, 2.45) is 0 Å². The molecule has 1 N–H and O–H groups in total. The molecule has 0 spiro atoms. The van der Waals surface area contributed by atoms with Gasteiger partial charge in [-0.15, -0.1) is 0 Å². The van der Waals surface area contributed by atoms with Crippen molar-refractivity contribution in [1.29, 1.82) is 0 Å². The first-order valence-corrected chi connectivity index (χ1v) is 7.63. The molecular weight excluding hydrogens is 261 g/mol. The molecule has 1 saturated heterocycles. The molecule has 2 atom stereocenters. The summed E-state index contributed by atoms with van der Waals surface area (Å²) in [6, 6.07) is 0.820. The van der Waals surface area contributed by atoms with E-state index in [1.54, 1.807) is 0 Å². The Morgan fingerprint density at radius 3 is 2.61 bits per heavy atom. The molecule has 0 amide bonds. The predicted octanol–water partition coefficient (Wildman–Crippen LogP) is 3.09. The number of hydrogen-bond donors (Lipinski definition) is 1. The Hall–Kier alpha value is 0.0600. The summed E-state index contributed by atoms with van der Waals surface area (Å²) in [5.74, 6) is 0.138. The first-order chi connectivity index (χ1) is 8.46. The summed E-state index contributed by atoms with van der Waals surface area (Å²) < 4.78 is 36.4. The summed E-state index contributed by atoms with van der Waals surface area (Å²) >= 11 is 0.0923. The van der Waals surface area contributed by atoms with Crippen LogP contribution in [0.25, 0.3) is 0 Å². The smallest absolute Gasteiger partial charge is 0.311 e. The molecule has 1 heterocycles. The third kappa shape index (κ3) is 5.80. The van der Waals surface area contributed by atoms with E-state index in [0.717, 1.165) is 32.4 Å². The van der Waals surface area contributed by atoms with Crippen LogP contribution in [0, 0.1) is 0 Å². The second-order valence-corrected chi connectivity index (χ2v) is 5.90. The van der Waals surface area contributed by atoms with Crippen LogP contribution in [0.2, 0.25) is 0 Å². The Labute approximate surface area is 112 Å². The highest BCUT2D eigenvalue weighted by Gasteiger charge is 2.30. The lowest BCUT2D eigenvalue weighted by atomic mass is 10.0. The summed E-state index contributed by atoms with van der Waals surface area (Å²) in [5, 5.41) is 3.49. The lowest BCUT2D eigenvalue weighted by molar-refractivity contribution is -0.0329. The van der Waals surface area contributed by atoms with Crippen LogP contribution >= 0.6 is 11.8 Å². The van der Waals surface area contributed by atoms with E-state index in [1.807, 2.05) is 0 Å². The Kier molecular flexibility index (Phi) is 6.81. The highest BCUT2D eigenvalue weighted by molar-refractivity contribution is 8.00. The summed E-state index contributed by atoms with van der Waals surface area (Å²) in [6.07, 6.45) is 3.20. The first kappa shape index (κ1) is 16.1. The van der Waals surface area contributed by atoms with Crippen molar-refractivity contribution in [1.82, 2.24) is 10.2 Å². The Morgan fingerprint density at radius 1 is 1.33 bits per heavy atom. The second kappa shape index (κ2) is 7.60. The van der Waals surface area contributed by atoms with Gasteiger partial charge < -0.3 is 5.32 Å². The fraction of sp³-hybridized carbons (Fsp3) is 1.00. The van der Waals surface area contributed by atoms with Crippen LogP contribution in [0.1, 0.15) is 33.1 Å². The maximum atomic E-state index is 12.1. The van der Waals surface area contributed by atoms with Crippen molar-refractivity contribution in [2.75, 3.05) is 25.4 Å². The van der Waals surface area contributed by atoms with Crippen LogP contribution in [0.4, 0.5) is 13.2 Å². The van der Waals surface area contributed by atoms with Gasteiger partial charge in [-0.05, 0) is 24.6 Å². The third-order valence-corrected chi connectivity index (χ3v) is 4.08. The van der Waals surface area contributed by atoms with Crippen molar-refractivity contribution < 1.29 is 13.2 Å². The normalized spacial score (nSPS) is 26.5. The van der Waals surface area contributed by atoms with E-state index < -0.39 is 5.51 Å². The lowest BCUT2D eigenvalue weighted by Crippen LogP contribution is -2.56. The average Bonchev–Trinajstić information content (AvgIpc) is 2.28. The standard InChI is InChI=1S/C12H23F3N2S/c1-3-5-10-9-17(11(4-2)8-16-10)6-7-18-12(13,14)15/h10-11,16H,3-9H2,1-2H3. The van der Waals surface area contributed by atoms with Gasteiger partial charge in [0.1, 0.15) is 0 Å². The minimum absolute atomic E-state index is 0.0923. The molecule has 1 aliphatic rings. The van der Waals surface area contributed by atoms with E-state index in [0.29, 0.717) is 18.6 Å². The van der Waals surface area contributed by atoms with E-state index in [1.165, 1.54) is 0 Å². The maximum Gasteiger partial charge on any atom is 0.441 e. The van der Waals surface area contributed by atoms with Crippen LogP contribution < -0.4 is 5.32 Å². The van der Waals surface area contributed by atoms with E-state index in [4.69, 9.17) is 0 Å². The maximum absolute atomic E-state index is 12.1. The Bertz CT molecular complexity index is 236. The fourth-order valence-corrected chi connectivity index (χ4v) is 2.98. The quantitative estimate of drug-likeness (QED) is 0.807. The molecule has 2 unspecified atom stereocenters. The number of alkyl halides is 3. The fourth-order valence-electron chi connectivity index (χ4n) is 2.43. The number of rotatable bonds is 6. The van der Waals surface area contributed by atoms with Gasteiger partial charge in [-0.2, -0.15) is 13.2 Å². The minimum atomic E-state index is -4.10. The molecule has 0 aromatic heterocycles. The molecule has 18 heavy (non-hydrogen) atoms. The number of nitrogens with one attached hydrogen (secondary N) is 1. The largest absolute Gasteiger partial charge is 0.441 e. The number of thioether (sulfide) groups is 1. The molecule has 2 nitrogen and oxygen atoms in total. The zero-order chi connectivity index (χ0) is 13.6. The molecule has 108 valence electrons. The highest BCUT2D eigenvalue weighted by atomic mass is 32.2. The second-order valence-electron chi connectivity index (χ2n) is 4.75. The molecule has 0 aromatic rings. The molecule has 1 aliphatic heterocycles. The molecule has 1 rings (SSSR count). The monoisotopic (exact) mass is 284 g/mol. The minimum Gasteiger partial charge on any atom is -0.311 e. The molecule has 6 heteroatoms. The number of hydrogen-bond acceptors (Lipinski definition) is 3. The molecular formula is C12H23F3N2S. The van der Waals surface area contributed by atoms with E-state index >= 15 is 0 Å². The first-order valence-electron chi connectivity index (χ1n) is 6.64. The summed E-state index contributed by atoms with van der Waals surface area (Å²) in [7, 11) is 0. The number of piperazine rings is 1. The molecule has 0 aliphatic carbocycles. The molecule has 0 saturated carbocycles. The van der Waals surface area contributed by atoms with Crippen molar-refractivity contribution >= 4 is 11.8 Å². The van der Waals surface area contributed by atoms with Crippen LogP contribution in [-0.2, 0) is 0 Å². The number of halogens is 3. The van der Waals surface area contributed by atoms with Gasteiger partial charge in [0.05, 0.1) is 0 Å². The molecule has 1 fully saturated rings.